The van der Waals surface area contributed by atoms with Crippen LogP contribution in [0.5, 0.6) is 0 Å². The number of nitrogens with two attached hydrogens (primary N) is 1. The SMILES string of the molecule is NC1=NCC2COCCC2(c2cccc(Br)c2)S1. The molecule has 2 aliphatic rings. The topological polar surface area (TPSA) is 47.6 Å². The molecule has 5 heteroatoms. The predicted molar refractivity (Wildman–Crippen MR) is 78.8 cm³/mol. The van der Waals surface area contributed by atoms with Crippen LogP contribution < -0.4 is 5.73 Å². The molecule has 96 valence electrons. The molecule has 0 aromatic heterocycles. The van der Waals surface area contributed by atoms with Gasteiger partial charge in [0.05, 0.1) is 11.4 Å². The second-order valence-corrected chi connectivity index (χ2v) is 6.97. The first-order valence-corrected chi connectivity index (χ1v) is 7.64. The third-order valence-corrected chi connectivity index (χ3v) is 5.63. The minimum atomic E-state index is 0.0356. The van der Waals surface area contributed by atoms with Gasteiger partial charge in [-0.3, -0.25) is 4.99 Å². The first kappa shape index (κ1) is 12.5. The molecule has 0 spiro atoms. The molecule has 0 aliphatic carbocycles. The van der Waals surface area contributed by atoms with E-state index in [9.17, 15) is 0 Å². The molecule has 1 saturated heterocycles. The molecule has 2 unspecified atom stereocenters. The van der Waals surface area contributed by atoms with Crippen LogP contribution in [-0.2, 0) is 9.48 Å². The Morgan fingerprint density at radius 1 is 1.50 bits per heavy atom. The Hall–Kier alpha value is -0.520. The van der Waals surface area contributed by atoms with Crippen LogP contribution in [0.25, 0.3) is 0 Å². The smallest absolute Gasteiger partial charge is 0.154 e. The normalized spacial score (nSPS) is 31.6. The van der Waals surface area contributed by atoms with Crippen LogP contribution in [0.4, 0.5) is 0 Å². The number of fused-ring (bicyclic) bond motifs is 1. The summed E-state index contributed by atoms with van der Waals surface area (Å²) in [4.78, 5) is 4.37. The highest BCUT2D eigenvalue weighted by Gasteiger charge is 2.46. The molecule has 2 aliphatic heterocycles. The minimum absolute atomic E-state index is 0.0356. The molecule has 2 atom stereocenters. The highest BCUT2D eigenvalue weighted by atomic mass is 79.9. The van der Waals surface area contributed by atoms with Gasteiger partial charge in [0, 0.05) is 23.5 Å². The van der Waals surface area contributed by atoms with Gasteiger partial charge in [-0.1, -0.05) is 39.8 Å². The number of hydrogen-bond donors (Lipinski definition) is 1. The van der Waals surface area contributed by atoms with Crippen molar-refractivity contribution in [3.8, 4) is 0 Å². The van der Waals surface area contributed by atoms with E-state index in [-0.39, 0.29) is 4.75 Å². The lowest BCUT2D eigenvalue weighted by atomic mass is 9.81. The zero-order chi connectivity index (χ0) is 12.6. The molecule has 2 heterocycles. The number of hydrogen-bond acceptors (Lipinski definition) is 4. The maximum absolute atomic E-state index is 5.96. The summed E-state index contributed by atoms with van der Waals surface area (Å²) < 4.78 is 6.76. The van der Waals surface area contributed by atoms with Gasteiger partial charge in [-0.2, -0.15) is 0 Å². The lowest BCUT2D eigenvalue weighted by Crippen LogP contribution is -2.46. The van der Waals surface area contributed by atoms with Crippen LogP contribution in [0.15, 0.2) is 33.7 Å². The number of aliphatic imine (C=N–C) groups is 1. The van der Waals surface area contributed by atoms with Crippen LogP contribution >= 0.6 is 27.7 Å². The quantitative estimate of drug-likeness (QED) is 0.863. The van der Waals surface area contributed by atoms with Crippen molar-refractivity contribution >= 4 is 32.9 Å². The largest absolute Gasteiger partial charge is 0.381 e. The molecule has 3 rings (SSSR count). The van der Waals surface area contributed by atoms with E-state index in [0.29, 0.717) is 11.1 Å². The zero-order valence-corrected chi connectivity index (χ0v) is 12.3. The number of ether oxygens (including phenoxy) is 1. The van der Waals surface area contributed by atoms with Crippen molar-refractivity contribution in [2.75, 3.05) is 19.8 Å². The van der Waals surface area contributed by atoms with Gasteiger partial charge in [-0.05, 0) is 24.1 Å². The number of halogens is 1. The molecule has 1 aromatic carbocycles. The molecule has 2 N–H and O–H groups in total. The van der Waals surface area contributed by atoms with Crippen LogP contribution in [0.2, 0.25) is 0 Å². The lowest BCUT2D eigenvalue weighted by Gasteiger charge is -2.45. The monoisotopic (exact) mass is 326 g/mol. The van der Waals surface area contributed by atoms with Crippen molar-refractivity contribution < 1.29 is 4.74 Å². The maximum Gasteiger partial charge on any atom is 0.154 e. The summed E-state index contributed by atoms with van der Waals surface area (Å²) in [7, 11) is 0. The Morgan fingerprint density at radius 2 is 2.39 bits per heavy atom. The number of benzene rings is 1. The van der Waals surface area contributed by atoms with E-state index in [2.05, 4.69) is 45.2 Å². The first-order chi connectivity index (χ1) is 8.71. The number of thioether (sulfide) groups is 1. The van der Waals surface area contributed by atoms with Crippen LogP contribution in [0, 0.1) is 5.92 Å². The van der Waals surface area contributed by atoms with E-state index < -0.39 is 0 Å². The fraction of sp³-hybridized carbons (Fsp3) is 0.462. The Morgan fingerprint density at radius 3 is 3.22 bits per heavy atom. The second kappa shape index (κ2) is 4.87. The van der Waals surface area contributed by atoms with E-state index in [1.807, 2.05) is 0 Å². The number of amidine groups is 1. The fourth-order valence-electron chi connectivity index (χ4n) is 2.73. The van der Waals surface area contributed by atoms with E-state index in [1.165, 1.54) is 5.56 Å². The van der Waals surface area contributed by atoms with Gasteiger partial charge in [0.15, 0.2) is 5.17 Å². The van der Waals surface area contributed by atoms with Crippen LogP contribution in [0.1, 0.15) is 12.0 Å². The van der Waals surface area contributed by atoms with Crippen LogP contribution in [-0.4, -0.2) is 24.9 Å². The van der Waals surface area contributed by atoms with E-state index in [4.69, 9.17) is 10.5 Å². The summed E-state index contributed by atoms with van der Waals surface area (Å²) >= 11 is 5.26. The summed E-state index contributed by atoms with van der Waals surface area (Å²) in [5, 5.41) is 0.702. The maximum atomic E-state index is 5.96. The Balaban J connectivity index is 2.06. The third-order valence-electron chi connectivity index (χ3n) is 3.66. The summed E-state index contributed by atoms with van der Waals surface area (Å²) in [5.74, 6) is 0.415. The minimum Gasteiger partial charge on any atom is -0.381 e. The van der Waals surface area contributed by atoms with Crippen molar-refractivity contribution in [1.29, 1.82) is 0 Å². The first-order valence-electron chi connectivity index (χ1n) is 6.03. The Labute approximate surface area is 119 Å². The molecule has 18 heavy (non-hydrogen) atoms. The van der Waals surface area contributed by atoms with Gasteiger partial charge in [0.25, 0.3) is 0 Å². The fourth-order valence-corrected chi connectivity index (χ4v) is 4.38. The molecule has 3 nitrogen and oxygen atoms in total. The van der Waals surface area contributed by atoms with Crippen molar-refractivity contribution in [2.45, 2.75) is 11.2 Å². The molecule has 0 amide bonds. The molecule has 0 radical (unpaired) electrons. The molecule has 1 fully saturated rings. The molecule has 0 bridgehead atoms. The lowest BCUT2D eigenvalue weighted by molar-refractivity contribution is 0.0327. The Kier molecular flexibility index (Phi) is 3.38. The summed E-state index contributed by atoms with van der Waals surface area (Å²) in [5.41, 5.74) is 7.29. The standard InChI is InChI=1S/C13H15BrN2OS/c14-11-3-1-2-9(6-11)13-4-5-17-8-10(13)7-16-12(15)18-13/h1-3,6,10H,4-5,7-8H2,(H2,15,16). The van der Waals surface area contributed by atoms with Crippen molar-refractivity contribution in [1.82, 2.24) is 0 Å². The van der Waals surface area contributed by atoms with Gasteiger partial charge in [0.2, 0.25) is 0 Å². The van der Waals surface area contributed by atoms with Gasteiger partial charge in [-0.15, -0.1) is 0 Å². The molecular formula is C13H15BrN2OS. The van der Waals surface area contributed by atoms with Gasteiger partial charge in [0.1, 0.15) is 0 Å². The van der Waals surface area contributed by atoms with Gasteiger partial charge >= 0.3 is 0 Å². The zero-order valence-electron chi connectivity index (χ0n) is 9.93. The second-order valence-electron chi connectivity index (χ2n) is 4.70. The average molecular weight is 327 g/mol. The number of nitrogens with zero attached hydrogens (tertiary/aromatic N) is 1. The van der Waals surface area contributed by atoms with E-state index >= 15 is 0 Å². The van der Waals surface area contributed by atoms with Gasteiger partial charge < -0.3 is 10.5 Å². The highest BCUT2D eigenvalue weighted by molar-refractivity contribution is 9.10. The summed E-state index contributed by atoms with van der Waals surface area (Å²) in [6, 6.07) is 8.53. The summed E-state index contributed by atoms with van der Waals surface area (Å²) in [6.45, 7) is 2.34. The molecule has 0 saturated carbocycles. The molecular weight excluding hydrogens is 312 g/mol. The average Bonchev–Trinajstić information content (AvgIpc) is 2.38. The third kappa shape index (κ3) is 2.08. The van der Waals surface area contributed by atoms with Crippen molar-refractivity contribution in [3.05, 3.63) is 34.3 Å². The predicted octanol–water partition coefficient (Wildman–Crippen LogP) is 2.74. The van der Waals surface area contributed by atoms with Crippen LogP contribution in [0.3, 0.4) is 0 Å². The van der Waals surface area contributed by atoms with Crippen molar-refractivity contribution in [3.63, 3.8) is 0 Å². The van der Waals surface area contributed by atoms with E-state index in [0.717, 1.165) is 30.7 Å². The Bertz CT molecular complexity index is 494. The van der Waals surface area contributed by atoms with Gasteiger partial charge in [-0.25, -0.2) is 0 Å². The number of rotatable bonds is 1. The molecule has 1 aromatic rings. The summed E-state index contributed by atoms with van der Waals surface area (Å²) in [6.07, 6.45) is 0.995. The van der Waals surface area contributed by atoms with E-state index in [1.54, 1.807) is 11.8 Å². The highest BCUT2D eigenvalue weighted by Crippen LogP contribution is 2.50. The van der Waals surface area contributed by atoms with Crippen molar-refractivity contribution in [2.24, 2.45) is 16.6 Å².